The second-order valence-corrected chi connectivity index (χ2v) is 8.79. The van der Waals surface area contributed by atoms with Gasteiger partial charge in [0, 0.05) is 20.2 Å². The number of amides is 1. The second-order valence-electron chi connectivity index (χ2n) is 8.79. The molecule has 3 aliphatic rings. The highest BCUT2D eigenvalue weighted by Crippen LogP contribution is 2.44. The zero-order chi connectivity index (χ0) is 23.7. The summed E-state index contributed by atoms with van der Waals surface area (Å²) in [5.41, 5.74) is 1.09. The lowest BCUT2D eigenvalue weighted by atomic mass is 9.77. The average Bonchev–Trinajstić information content (AvgIpc) is 3.58. The maximum atomic E-state index is 13.4. The predicted molar refractivity (Wildman–Crippen MR) is 114 cm³/mol. The molecule has 13 nitrogen and oxygen atoms in total. The highest BCUT2D eigenvalue weighted by molar-refractivity contribution is 5.95. The van der Waals surface area contributed by atoms with Crippen LogP contribution in [0.25, 0.3) is 5.82 Å². The number of tetrazole rings is 1. The van der Waals surface area contributed by atoms with E-state index in [0.29, 0.717) is 61.8 Å². The highest BCUT2D eigenvalue weighted by atomic mass is 16.5. The van der Waals surface area contributed by atoms with Gasteiger partial charge in [0.2, 0.25) is 5.91 Å². The number of nitrogens with zero attached hydrogens (tertiary/aromatic N) is 8. The first-order valence-corrected chi connectivity index (χ1v) is 11.2. The van der Waals surface area contributed by atoms with Crippen LogP contribution < -0.4 is 0 Å². The summed E-state index contributed by atoms with van der Waals surface area (Å²) < 4.78 is 11.7. The number of carbonyl (C=O) groups is 2. The SMILES string of the molecule is COCC1=C(N2CCC3(CCN(C[C@H](O)c4cnc(-n5cnnn5)cn4)CC3)C2=O)COC1=O. The van der Waals surface area contributed by atoms with E-state index >= 15 is 0 Å². The Kier molecular flexibility index (Phi) is 6.06. The maximum Gasteiger partial charge on any atom is 0.338 e. The molecule has 1 amide bonds. The van der Waals surface area contributed by atoms with Gasteiger partial charge in [0.1, 0.15) is 19.0 Å². The van der Waals surface area contributed by atoms with E-state index in [0.717, 1.165) is 6.42 Å². The van der Waals surface area contributed by atoms with E-state index in [2.05, 4.69) is 30.4 Å². The molecule has 0 aromatic carbocycles. The van der Waals surface area contributed by atoms with E-state index in [4.69, 9.17) is 9.47 Å². The van der Waals surface area contributed by atoms with Crippen molar-refractivity contribution < 1.29 is 24.2 Å². The summed E-state index contributed by atoms with van der Waals surface area (Å²) in [5, 5.41) is 21.6. The van der Waals surface area contributed by atoms with Crippen LogP contribution in [0.3, 0.4) is 0 Å². The second kappa shape index (κ2) is 9.16. The minimum atomic E-state index is -0.802. The molecule has 1 N–H and O–H groups in total. The maximum absolute atomic E-state index is 13.4. The molecule has 13 heteroatoms. The van der Waals surface area contributed by atoms with Gasteiger partial charge >= 0.3 is 5.97 Å². The van der Waals surface area contributed by atoms with E-state index in [1.54, 1.807) is 4.90 Å². The number of likely N-dealkylation sites (tertiary alicyclic amines) is 2. The molecule has 0 aliphatic carbocycles. The van der Waals surface area contributed by atoms with Crippen molar-refractivity contribution >= 4 is 11.9 Å². The van der Waals surface area contributed by atoms with Gasteiger partial charge in [0.25, 0.3) is 0 Å². The Labute approximate surface area is 195 Å². The van der Waals surface area contributed by atoms with Crippen molar-refractivity contribution in [3.8, 4) is 5.82 Å². The Hall–Kier alpha value is -3.29. The largest absolute Gasteiger partial charge is 0.456 e. The number of methoxy groups -OCH3 is 1. The molecule has 1 spiro atoms. The van der Waals surface area contributed by atoms with Crippen molar-refractivity contribution in [3.05, 3.63) is 35.7 Å². The first-order valence-electron chi connectivity index (χ1n) is 11.2. The van der Waals surface area contributed by atoms with E-state index < -0.39 is 17.5 Å². The number of hydrogen-bond donors (Lipinski definition) is 1. The summed E-state index contributed by atoms with van der Waals surface area (Å²) in [4.78, 5) is 37.8. The Bertz CT molecular complexity index is 1080. The Morgan fingerprint density at radius 2 is 1.97 bits per heavy atom. The highest BCUT2D eigenvalue weighted by Gasteiger charge is 2.50. The standard InChI is InChI=1S/C21H26N8O5/c1-33-11-14-16(12-34-19(14)31)28-7-4-21(20(28)32)2-5-27(6-3-21)10-17(30)15-8-23-18(9-22-15)29-13-24-25-26-29/h8-9,13,17,30H,2-7,10-12H2,1H3/t17-/m0/s1. The molecular formula is C21H26N8O5. The fourth-order valence-electron chi connectivity index (χ4n) is 4.88. The molecular weight excluding hydrogens is 444 g/mol. The van der Waals surface area contributed by atoms with E-state index in [1.165, 1.54) is 30.5 Å². The third kappa shape index (κ3) is 4.06. The van der Waals surface area contributed by atoms with Crippen molar-refractivity contribution in [1.82, 2.24) is 40.0 Å². The number of piperidine rings is 1. The number of β-amino-alcohol motifs (C(OH)–C–C–N with tert-alkyl or cyclic N) is 1. The van der Waals surface area contributed by atoms with Crippen molar-refractivity contribution in [2.45, 2.75) is 25.4 Å². The number of cyclic esters (lactones) is 1. The minimum absolute atomic E-state index is 0.0543. The first-order chi connectivity index (χ1) is 16.5. The van der Waals surface area contributed by atoms with Crippen LogP contribution in [-0.4, -0.2) is 103 Å². The van der Waals surface area contributed by atoms with Crippen LogP contribution in [0.15, 0.2) is 30.0 Å². The molecule has 2 aromatic heterocycles. The lowest BCUT2D eigenvalue weighted by molar-refractivity contribution is -0.139. The molecule has 34 heavy (non-hydrogen) atoms. The number of aromatic nitrogens is 6. The van der Waals surface area contributed by atoms with Crippen LogP contribution in [0.2, 0.25) is 0 Å². The molecule has 2 fully saturated rings. The molecule has 2 saturated heterocycles. The summed E-state index contributed by atoms with van der Waals surface area (Å²) >= 11 is 0. The predicted octanol–water partition coefficient (Wildman–Crippen LogP) is -0.742. The molecule has 3 aliphatic heterocycles. The van der Waals surface area contributed by atoms with Gasteiger partial charge in [-0.25, -0.2) is 9.78 Å². The molecule has 5 rings (SSSR count). The molecule has 0 unspecified atom stereocenters. The van der Waals surface area contributed by atoms with Crippen LogP contribution in [0, 0.1) is 5.41 Å². The van der Waals surface area contributed by atoms with Crippen LogP contribution in [0.1, 0.15) is 31.1 Å². The fourth-order valence-corrected chi connectivity index (χ4v) is 4.88. The lowest BCUT2D eigenvalue weighted by Crippen LogP contribution is -2.45. The summed E-state index contributed by atoms with van der Waals surface area (Å²) in [6.07, 6.45) is 5.77. The normalized spacial score (nSPS) is 21.5. The van der Waals surface area contributed by atoms with Gasteiger partial charge in [-0.2, -0.15) is 4.68 Å². The van der Waals surface area contributed by atoms with Crippen molar-refractivity contribution in [3.63, 3.8) is 0 Å². The molecule has 180 valence electrons. The third-order valence-corrected chi connectivity index (χ3v) is 6.89. The number of carbonyl (C=O) groups excluding carboxylic acids is 2. The lowest BCUT2D eigenvalue weighted by Gasteiger charge is -2.38. The first kappa shape index (κ1) is 22.5. The minimum Gasteiger partial charge on any atom is -0.456 e. The van der Waals surface area contributed by atoms with E-state index in [1.807, 2.05) is 0 Å². The van der Waals surface area contributed by atoms with Crippen LogP contribution in [-0.2, 0) is 19.1 Å². The van der Waals surface area contributed by atoms with Gasteiger partial charge < -0.3 is 24.4 Å². The molecule has 0 bridgehead atoms. The summed E-state index contributed by atoms with van der Waals surface area (Å²) in [6, 6.07) is 0. The third-order valence-electron chi connectivity index (χ3n) is 6.89. The zero-order valence-electron chi connectivity index (χ0n) is 18.8. The van der Waals surface area contributed by atoms with Crippen LogP contribution in [0.5, 0.6) is 0 Å². The molecule has 5 heterocycles. The smallest absolute Gasteiger partial charge is 0.338 e. The van der Waals surface area contributed by atoms with Crippen molar-refractivity contribution in [2.75, 3.05) is 46.5 Å². The molecule has 0 saturated carbocycles. The summed E-state index contributed by atoms with van der Waals surface area (Å²) in [6.45, 7) is 2.60. The van der Waals surface area contributed by atoms with Crippen molar-refractivity contribution in [2.24, 2.45) is 5.41 Å². The van der Waals surface area contributed by atoms with Crippen LogP contribution in [0.4, 0.5) is 0 Å². The van der Waals surface area contributed by atoms with Gasteiger partial charge in [0.15, 0.2) is 5.82 Å². The van der Waals surface area contributed by atoms with Gasteiger partial charge in [-0.15, -0.1) is 5.10 Å². The number of aliphatic hydroxyl groups excluding tert-OH is 1. The quantitative estimate of drug-likeness (QED) is 0.510. The average molecular weight is 470 g/mol. The Morgan fingerprint density at radius 3 is 2.65 bits per heavy atom. The monoisotopic (exact) mass is 470 g/mol. The van der Waals surface area contributed by atoms with E-state index in [9.17, 15) is 14.7 Å². The number of rotatable bonds is 7. The Morgan fingerprint density at radius 1 is 1.18 bits per heavy atom. The zero-order valence-corrected chi connectivity index (χ0v) is 18.8. The summed E-state index contributed by atoms with van der Waals surface area (Å²) in [7, 11) is 1.52. The molecule has 1 atom stereocenters. The topological polar surface area (TPSA) is 149 Å². The molecule has 0 radical (unpaired) electrons. The van der Waals surface area contributed by atoms with Gasteiger partial charge in [-0.05, 0) is 42.8 Å². The van der Waals surface area contributed by atoms with E-state index in [-0.39, 0.29) is 19.1 Å². The van der Waals surface area contributed by atoms with Gasteiger partial charge in [-0.1, -0.05) is 0 Å². The number of aliphatic hydroxyl groups is 1. The van der Waals surface area contributed by atoms with Gasteiger partial charge in [0.05, 0.1) is 41.4 Å². The molecule has 2 aromatic rings. The van der Waals surface area contributed by atoms with Crippen molar-refractivity contribution in [1.29, 1.82) is 0 Å². The number of esters is 1. The number of hydrogen-bond acceptors (Lipinski definition) is 11. The van der Waals surface area contributed by atoms with Crippen LogP contribution >= 0.6 is 0 Å². The fraction of sp³-hybridized carbons (Fsp3) is 0.571. The Balaban J connectivity index is 1.19. The summed E-state index contributed by atoms with van der Waals surface area (Å²) in [5.74, 6) is 0.102. The van der Waals surface area contributed by atoms with Gasteiger partial charge in [-0.3, -0.25) is 9.78 Å². The number of ether oxygens (including phenoxy) is 2.